The van der Waals surface area contributed by atoms with Gasteiger partial charge in [-0.05, 0) is 12.8 Å². The summed E-state index contributed by atoms with van der Waals surface area (Å²) in [7, 11) is 0. The van der Waals surface area contributed by atoms with Crippen molar-refractivity contribution in [1.82, 2.24) is 15.0 Å². The highest BCUT2D eigenvalue weighted by Crippen LogP contribution is 2.18. The van der Waals surface area contributed by atoms with Crippen molar-refractivity contribution in [2.75, 3.05) is 13.2 Å². The number of nitrogens with two attached hydrogens (primary N) is 1. The second-order valence-corrected chi connectivity index (χ2v) is 3.26. The van der Waals surface area contributed by atoms with Crippen molar-refractivity contribution in [2.45, 2.75) is 18.9 Å². The van der Waals surface area contributed by atoms with Crippen LogP contribution in [0, 0.1) is 0 Å². The molecule has 6 nitrogen and oxygen atoms in total. The number of aromatic nitrogens is 3. The Kier molecular flexibility index (Phi) is 2.45. The highest BCUT2D eigenvalue weighted by atomic mass is 16.5. The van der Waals surface area contributed by atoms with Gasteiger partial charge in [0, 0.05) is 13.2 Å². The summed E-state index contributed by atoms with van der Waals surface area (Å²) < 4.78 is 5.21. The first-order valence-corrected chi connectivity index (χ1v) is 4.57. The monoisotopic (exact) mass is 196 g/mol. The molecule has 0 spiro atoms. The summed E-state index contributed by atoms with van der Waals surface area (Å²) in [5, 5.41) is 8.02. The molecule has 1 aliphatic heterocycles. The Labute approximate surface area is 81.0 Å². The maximum Gasteiger partial charge on any atom is 0.270 e. The van der Waals surface area contributed by atoms with E-state index in [-0.39, 0.29) is 11.7 Å². The molecule has 0 aromatic carbocycles. The van der Waals surface area contributed by atoms with Gasteiger partial charge < -0.3 is 10.5 Å². The molecule has 0 saturated carbocycles. The molecule has 1 aromatic heterocycles. The van der Waals surface area contributed by atoms with Crippen molar-refractivity contribution in [3.63, 3.8) is 0 Å². The van der Waals surface area contributed by atoms with Crippen molar-refractivity contribution in [3.8, 4) is 0 Å². The highest BCUT2D eigenvalue weighted by molar-refractivity contribution is 5.90. The number of primary amides is 1. The van der Waals surface area contributed by atoms with E-state index in [0.717, 1.165) is 26.1 Å². The predicted octanol–water partition coefficient (Wildman–Crippen LogP) is -0.272. The summed E-state index contributed by atoms with van der Waals surface area (Å²) >= 11 is 0. The minimum absolute atomic E-state index is 0.219. The second kappa shape index (κ2) is 3.75. The minimum Gasteiger partial charge on any atom is -0.381 e. The van der Waals surface area contributed by atoms with E-state index in [1.807, 2.05) is 0 Å². The van der Waals surface area contributed by atoms with Crippen LogP contribution in [0.5, 0.6) is 0 Å². The molecule has 0 aliphatic carbocycles. The molecule has 1 saturated heterocycles. The number of ether oxygens (including phenoxy) is 1. The smallest absolute Gasteiger partial charge is 0.270 e. The summed E-state index contributed by atoms with van der Waals surface area (Å²) in [5.41, 5.74) is 5.30. The third kappa shape index (κ3) is 1.74. The van der Waals surface area contributed by atoms with Gasteiger partial charge in [0.2, 0.25) is 0 Å². The van der Waals surface area contributed by atoms with Crippen LogP contribution in [-0.2, 0) is 4.74 Å². The van der Waals surface area contributed by atoms with Crippen molar-refractivity contribution in [3.05, 3.63) is 11.9 Å². The van der Waals surface area contributed by atoms with Crippen LogP contribution in [0.4, 0.5) is 0 Å². The van der Waals surface area contributed by atoms with Crippen LogP contribution in [0.25, 0.3) is 0 Å². The van der Waals surface area contributed by atoms with Gasteiger partial charge in [-0.15, -0.1) is 5.10 Å². The Hall–Kier alpha value is -1.43. The standard InChI is InChI=1S/C8H12N4O2/c9-8(13)7-5-10-12(11-7)6-1-3-14-4-2-6/h5-6H,1-4H2,(H2,9,13). The lowest BCUT2D eigenvalue weighted by Crippen LogP contribution is -2.22. The lowest BCUT2D eigenvalue weighted by Gasteiger charge is -2.20. The van der Waals surface area contributed by atoms with Crippen molar-refractivity contribution in [1.29, 1.82) is 0 Å². The van der Waals surface area contributed by atoms with Gasteiger partial charge in [0.25, 0.3) is 5.91 Å². The second-order valence-electron chi connectivity index (χ2n) is 3.26. The van der Waals surface area contributed by atoms with Gasteiger partial charge in [0.15, 0.2) is 5.69 Å². The van der Waals surface area contributed by atoms with E-state index in [9.17, 15) is 4.79 Å². The Morgan fingerprint density at radius 3 is 2.86 bits per heavy atom. The third-order valence-corrected chi connectivity index (χ3v) is 2.28. The molecule has 6 heteroatoms. The van der Waals surface area contributed by atoms with E-state index < -0.39 is 5.91 Å². The number of rotatable bonds is 2. The Morgan fingerprint density at radius 2 is 2.29 bits per heavy atom. The fraction of sp³-hybridized carbons (Fsp3) is 0.625. The molecule has 2 N–H and O–H groups in total. The summed E-state index contributed by atoms with van der Waals surface area (Å²) in [5.74, 6) is -0.539. The molecule has 0 radical (unpaired) electrons. The number of carbonyl (C=O) groups is 1. The quantitative estimate of drug-likeness (QED) is 0.705. The number of hydrogen-bond acceptors (Lipinski definition) is 4. The SMILES string of the molecule is NC(=O)c1cnn(C2CCOCC2)n1. The molecule has 0 unspecified atom stereocenters. The predicted molar refractivity (Wildman–Crippen MR) is 47.6 cm³/mol. The fourth-order valence-electron chi connectivity index (χ4n) is 1.48. The van der Waals surface area contributed by atoms with Gasteiger partial charge >= 0.3 is 0 Å². The zero-order valence-corrected chi connectivity index (χ0v) is 7.72. The Morgan fingerprint density at radius 1 is 1.57 bits per heavy atom. The molecule has 76 valence electrons. The zero-order chi connectivity index (χ0) is 9.97. The first-order valence-electron chi connectivity index (χ1n) is 4.57. The van der Waals surface area contributed by atoms with E-state index in [2.05, 4.69) is 10.2 Å². The lowest BCUT2D eigenvalue weighted by molar-refractivity contribution is 0.0619. The molecule has 2 heterocycles. The van der Waals surface area contributed by atoms with Gasteiger partial charge in [-0.3, -0.25) is 4.79 Å². The number of nitrogens with zero attached hydrogens (tertiary/aromatic N) is 3. The maximum absolute atomic E-state index is 10.8. The van der Waals surface area contributed by atoms with Crippen molar-refractivity contribution >= 4 is 5.91 Å². The molecular formula is C8H12N4O2. The van der Waals surface area contributed by atoms with Gasteiger partial charge in [-0.2, -0.15) is 9.90 Å². The summed E-state index contributed by atoms with van der Waals surface area (Å²) in [6, 6.07) is 0.233. The molecule has 1 amide bonds. The highest BCUT2D eigenvalue weighted by Gasteiger charge is 2.18. The number of carbonyl (C=O) groups excluding carboxylic acids is 1. The van der Waals surface area contributed by atoms with Gasteiger partial charge in [-0.25, -0.2) is 0 Å². The van der Waals surface area contributed by atoms with E-state index >= 15 is 0 Å². The van der Waals surface area contributed by atoms with Crippen LogP contribution >= 0.6 is 0 Å². The summed E-state index contributed by atoms with van der Waals surface area (Å²) in [6.07, 6.45) is 3.16. The largest absolute Gasteiger partial charge is 0.381 e. The van der Waals surface area contributed by atoms with E-state index in [4.69, 9.17) is 10.5 Å². The lowest BCUT2D eigenvalue weighted by atomic mass is 10.1. The van der Waals surface area contributed by atoms with Crippen LogP contribution in [0.2, 0.25) is 0 Å². The Balaban J connectivity index is 2.11. The van der Waals surface area contributed by atoms with Crippen LogP contribution in [0.3, 0.4) is 0 Å². The molecule has 1 aromatic rings. The molecule has 0 bridgehead atoms. The van der Waals surface area contributed by atoms with E-state index in [0.29, 0.717) is 0 Å². The molecule has 0 atom stereocenters. The molecular weight excluding hydrogens is 184 g/mol. The average Bonchev–Trinajstić information content (AvgIpc) is 2.68. The third-order valence-electron chi connectivity index (χ3n) is 2.28. The van der Waals surface area contributed by atoms with Crippen LogP contribution in [-0.4, -0.2) is 34.1 Å². The van der Waals surface area contributed by atoms with Gasteiger partial charge in [0.05, 0.1) is 12.2 Å². The fourth-order valence-corrected chi connectivity index (χ4v) is 1.48. The topological polar surface area (TPSA) is 83.0 Å². The van der Waals surface area contributed by atoms with Crippen LogP contribution in [0.1, 0.15) is 29.4 Å². The molecule has 14 heavy (non-hydrogen) atoms. The number of amides is 1. The van der Waals surface area contributed by atoms with Crippen molar-refractivity contribution in [2.24, 2.45) is 5.73 Å². The first-order chi connectivity index (χ1) is 6.77. The number of hydrogen-bond donors (Lipinski definition) is 1. The summed E-state index contributed by atoms with van der Waals surface area (Å²) in [6.45, 7) is 1.44. The van der Waals surface area contributed by atoms with E-state index in [1.165, 1.54) is 6.20 Å². The molecule has 1 fully saturated rings. The minimum atomic E-state index is -0.539. The average molecular weight is 196 g/mol. The van der Waals surface area contributed by atoms with Crippen LogP contribution < -0.4 is 5.73 Å². The van der Waals surface area contributed by atoms with Crippen LogP contribution in [0.15, 0.2) is 6.20 Å². The van der Waals surface area contributed by atoms with E-state index in [1.54, 1.807) is 4.80 Å². The van der Waals surface area contributed by atoms with Gasteiger partial charge in [0.1, 0.15) is 0 Å². The molecule has 1 aliphatic rings. The maximum atomic E-state index is 10.8. The Bertz CT molecular complexity index is 330. The molecule has 2 rings (SSSR count). The van der Waals surface area contributed by atoms with Crippen molar-refractivity contribution < 1.29 is 9.53 Å². The summed E-state index contributed by atoms with van der Waals surface area (Å²) in [4.78, 5) is 12.3. The first kappa shape index (κ1) is 9.14. The zero-order valence-electron chi connectivity index (χ0n) is 7.72. The normalized spacial score (nSPS) is 18.3. The van der Waals surface area contributed by atoms with Gasteiger partial charge in [-0.1, -0.05) is 0 Å².